The standard InChI is InChI=1S/C14H23N3/c1-2-17(11-12-6-5-7-12)14(10-15)13-8-3-4-9-16-13/h3-4,8-9,12,14H,2,5-7,10-11,15H2,1H3. The zero-order chi connectivity index (χ0) is 12.1. The Morgan fingerprint density at radius 1 is 1.47 bits per heavy atom. The fourth-order valence-electron chi connectivity index (χ4n) is 2.51. The molecule has 1 aliphatic rings. The van der Waals surface area contributed by atoms with E-state index in [2.05, 4.69) is 22.9 Å². The van der Waals surface area contributed by atoms with Gasteiger partial charge in [0.2, 0.25) is 0 Å². The van der Waals surface area contributed by atoms with E-state index in [0.717, 1.165) is 18.2 Å². The number of hydrogen-bond donors (Lipinski definition) is 1. The van der Waals surface area contributed by atoms with E-state index in [1.807, 2.05) is 18.3 Å². The first-order valence-corrected chi connectivity index (χ1v) is 6.70. The van der Waals surface area contributed by atoms with Crippen molar-refractivity contribution in [2.75, 3.05) is 19.6 Å². The molecule has 1 atom stereocenters. The minimum atomic E-state index is 0.279. The zero-order valence-electron chi connectivity index (χ0n) is 10.7. The summed E-state index contributed by atoms with van der Waals surface area (Å²) in [5, 5.41) is 0. The second kappa shape index (κ2) is 6.12. The number of hydrogen-bond acceptors (Lipinski definition) is 3. The largest absolute Gasteiger partial charge is 0.329 e. The summed E-state index contributed by atoms with van der Waals surface area (Å²) in [7, 11) is 0. The van der Waals surface area contributed by atoms with Gasteiger partial charge in [-0.1, -0.05) is 19.4 Å². The highest BCUT2D eigenvalue weighted by Gasteiger charge is 2.25. The molecule has 0 amide bonds. The van der Waals surface area contributed by atoms with Crippen molar-refractivity contribution in [1.82, 2.24) is 9.88 Å². The molecule has 1 aromatic rings. The summed E-state index contributed by atoms with van der Waals surface area (Å²) in [6, 6.07) is 6.37. The Morgan fingerprint density at radius 2 is 2.29 bits per heavy atom. The Kier molecular flexibility index (Phi) is 4.51. The highest BCUT2D eigenvalue weighted by atomic mass is 15.2. The summed E-state index contributed by atoms with van der Waals surface area (Å²) in [6.45, 7) is 5.09. The first-order valence-electron chi connectivity index (χ1n) is 6.70. The SMILES string of the molecule is CCN(CC1CCC1)C(CN)c1ccccn1. The van der Waals surface area contributed by atoms with Crippen LogP contribution in [0.5, 0.6) is 0 Å². The monoisotopic (exact) mass is 233 g/mol. The molecule has 0 saturated heterocycles. The van der Waals surface area contributed by atoms with Crippen LogP contribution in [0.1, 0.15) is 37.9 Å². The third-order valence-corrected chi connectivity index (χ3v) is 3.82. The van der Waals surface area contributed by atoms with Crippen molar-refractivity contribution in [3.05, 3.63) is 30.1 Å². The molecule has 1 fully saturated rings. The summed E-state index contributed by atoms with van der Waals surface area (Å²) < 4.78 is 0. The van der Waals surface area contributed by atoms with Crippen molar-refractivity contribution in [2.24, 2.45) is 11.7 Å². The van der Waals surface area contributed by atoms with Crippen LogP contribution in [-0.4, -0.2) is 29.5 Å². The van der Waals surface area contributed by atoms with Crippen LogP contribution in [0.3, 0.4) is 0 Å². The number of rotatable bonds is 6. The second-order valence-electron chi connectivity index (χ2n) is 4.89. The lowest BCUT2D eigenvalue weighted by Crippen LogP contribution is -2.39. The molecule has 17 heavy (non-hydrogen) atoms. The minimum absolute atomic E-state index is 0.279. The maximum Gasteiger partial charge on any atom is 0.0644 e. The highest BCUT2D eigenvalue weighted by Crippen LogP contribution is 2.29. The van der Waals surface area contributed by atoms with Crippen molar-refractivity contribution >= 4 is 0 Å². The van der Waals surface area contributed by atoms with Gasteiger partial charge in [-0.05, 0) is 37.4 Å². The van der Waals surface area contributed by atoms with Gasteiger partial charge in [0.1, 0.15) is 0 Å². The fourth-order valence-corrected chi connectivity index (χ4v) is 2.51. The first kappa shape index (κ1) is 12.5. The van der Waals surface area contributed by atoms with Gasteiger partial charge in [-0.2, -0.15) is 0 Å². The second-order valence-corrected chi connectivity index (χ2v) is 4.89. The van der Waals surface area contributed by atoms with Gasteiger partial charge in [0.25, 0.3) is 0 Å². The Morgan fingerprint density at radius 3 is 2.76 bits per heavy atom. The van der Waals surface area contributed by atoms with Crippen molar-refractivity contribution in [1.29, 1.82) is 0 Å². The molecule has 1 saturated carbocycles. The predicted molar refractivity (Wildman–Crippen MR) is 70.6 cm³/mol. The lowest BCUT2D eigenvalue weighted by molar-refractivity contribution is 0.139. The van der Waals surface area contributed by atoms with Crippen LogP contribution in [-0.2, 0) is 0 Å². The van der Waals surface area contributed by atoms with E-state index in [9.17, 15) is 0 Å². The van der Waals surface area contributed by atoms with E-state index in [4.69, 9.17) is 5.73 Å². The summed E-state index contributed by atoms with van der Waals surface area (Å²) in [4.78, 5) is 6.93. The van der Waals surface area contributed by atoms with Gasteiger partial charge in [-0.3, -0.25) is 9.88 Å². The van der Waals surface area contributed by atoms with Gasteiger partial charge in [0.05, 0.1) is 11.7 Å². The maximum absolute atomic E-state index is 5.93. The van der Waals surface area contributed by atoms with Gasteiger partial charge in [0, 0.05) is 19.3 Å². The molecule has 1 heterocycles. The molecular weight excluding hydrogens is 210 g/mol. The normalized spacial score (nSPS) is 18.1. The van der Waals surface area contributed by atoms with Crippen LogP contribution >= 0.6 is 0 Å². The molecule has 3 nitrogen and oxygen atoms in total. The Hall–Kier alpha value is -0.930. The average Bonchev–Trinajstić information content (AvgIpc) is 2.33. The summed E-state index contributed by atoms with van der Waals surface area (Å²) in [5.41, 5.74) is 7.04. The van der Waals surface area contributed by atoms with Crippen LogP contribution in [0.2, 0.25) is 0 Å². The van der Waals surface area contributed by atoms with Gasteiger partial charge in [0.15, 0.2) is 0 Å². The lowest BCUT2D eigenvalue weighted by atomic mass is 9.84. The average molecular weight is 233 g/mol. The van der Waals surface area contributed by atoms with Crippen molar-refractivity contribution < 1.29 is 0 Å². The molecule has 0 spiro atoms. The van der Waals surface area contributed by atoms with Gasteiger partial charge >= 0.3 is 0 Å². The Labute approximate surface area is 104 Å². The van der Waals surface area contributed by atoms with E-state index in [0.29, 0.717) is 6.54 Å². The number of likely N-dealkylation sites (N-methyl/N-ethyl adjacent to an activating group) is 1. The molecule has 0 aliphatic heterocycles. The first-order chi connectivity index (χ1) is 8.35. The number of pyridine rings is 1. The van der Waals surface area contributed by atoms with Gasteiger partial charge in [-0.25, -0.2) is 0 Å². The third kappa shape index (κ3) is 3.05. The van der Waals surface area contributed by atoms with Crippen molar-refractivity contribution in [3.8, 4) is 0 Å². The molecular formula is C14H23N3. The molecule has 0 aromatic carbocycles. The van der Waals surface area contributed by atoms with Crippen LogP contribution in [0.15, 0.2) is 24.4 Å². The molecule has 2 N–H and O–H groups in total. The maximum atomic E-state index is 5.93. The van der Waals surface area contributed by atoms with Gasteiger partial charge < -0.3 is 5.73 Å². The molecule has 1 unspecified atom stereocenters. The van der Waals surface area contributed by atoms with Crippen LogP contribution < -0.4 is 5.73 Å². The van der Waals surface area contributed by atoms with E-state index >= 15 is 0 Å². The lowest BCUT2D eigenvalue weighted by Gasteiger charge is -2.36. The van der Waals surface area contributed by atoms with Gasteiger partial charge in [-0.15, -0.1) is 0 Å². The Balaban J connectivity index is 2.03. The third-order valence-electron chi connectivity index (χ3n) is 3.82. The molecule has 2 rings (SSSR count). The van der Waals surface area contributed by atoms with Crippen LogP contribution in [0.4, 0.5) is 0 Å². The highest BCUT2D eigenvalue weighted by molar-refractivity contribution is 5.09. The Bertz CT molecular complexity index is 321. The van der Waals surface area contributed by atoms with Crippen LogP contribution in [0.25, 0.3) is 0 Å². The summed E-state index contributed by atoms with van der Waals surface area (Å²) >= 11 is 0. The molecule has 3 heteroatoms. The topological polar surface area (TPSA) is 42.1 Å². The predicted octanol–water partition coefficient (Wildman–Crippen LogP) is 2.20. The van der Waals surface area contributed by atoms with E-state index in [1.54, 1.807) is 0 Å². The molecule has 94 valence electrons. The minimum Gasteiger partial charge on any atom is -0.329 e. The number of aromatic nitrogens is 1. The summed E-state index contributed by atoms with van der Waals surface area (Å²) in [5.74, 6) is 0.882. The zero-order valence-corrected chi connectivity index (χ0v) is 10.7. The number of nitrogens with two attached hydrogens (primary N) is 1. The smallest absolute Gasteiger partial charge is 0.0644 e. The fraction of sp³-hybridized carbons (Fsp3) is 0.643. The van der Waals surface area contributed by atoms with Crippen molar-refractivity contribution in [3.63, 3.8) is 0 Å². The molecule has 1 aromatic heterocycles. The number of nitrogens with zero attached hydrogens (tertiary/aromatic N) is 2. The van der Waals surface area contributed by atoms with E-state index in [-0.39, 0.29) is 6.04 Å². The van der Waals surface area contributed by atoms with E-state index in [1.165, 1.54) is 25.8 Å². The van der Waals surface area contributed by atoms with E-state index < -0.39 is 0 Å². The molecule has 1 aliphatic carbocycles. The summed E-state index contributed by atoms with van der Waals surface area (Å²) in [6.07, 6.45) is 6.03. The quantitative estimate of drug-likeness (QED) is 0.819. The molecule has 0 bridgehead atoms. The molecule has 0 radical (unpaired) electrons. The van der Waals surface area contributed by atoms with Crippen molar-refractivity contribution in [2.45, 2.75) is 32.2 Å². The van der Waals surface area contributed by atoms with Crippen LogP contribution in [0, 0.1) is 5.92 Å².